The summed E-state index contributed by atoms with van der Waals surface area (Å²) in [6.07, 6.45) is 0. The van der Waals surface area contributed by atoms with E-state index in [1.54, 1.807) is 7.11 Å². The number of hydrogen-bond donors (Lipinski definition) is 2. The minimum absolute atomic E-state index is 0.0858. The zero-order valence-electron chi connectivity index (χ0n) is 13.9. The van der Waals surface area contributed by atoms with E-state index in [2.05, 4.69) is 10.6 Å². The van der Waals surface area contributed by atoms with Crippen molar-refractivity contribution < 1.29 is 14.3 Å². The molecule has 0 aliphatic rings. The topological polar surface area (TPSA) is 59.6 Å². The molecule has 5 heteroatoms. The summed E-state index contributed by atoms with van der Waals surface area (Å²) in [6.45, 7) is 6.10. The van der Waals surface area contributed by atoms with Crippen molar-refractivity contribution in [1.29, 1.82) is 0 Å². The van der Waals surface area contributed by atoms with Crippen molar-refractivity contribution in [1.82, 2.24) is 5.32 Å². The Morgan fingerprint density at radius 1 is 1.04 bits per heavy atom. The van der Waals surface area contributed by atoms with Crippen LogP contribution < -0.4 is 20.1 Å². The van der Waals surface area contributed by atoms with Crippen LogP contribution in [0.4, 0.5) is 10.5 Å². The van der Waals surface area contributed by atoms with Crippen molar-refractivity contribution in [3.63, 3.8) is 0 Å². The van der Waals surface area contributed by atoms with Crippen LogP contribution in [0.15, 0.2) is 36.4 Å². The van der Waals surface area contributed by atoms with E-state index < -0.39 is 0 Å². The van der Waals surface area contributed by atoms with Crippen LogP contribution in [0.5, 0.6) is 11.5 Å². The first-order chi connectivity index (χ1) is 11.0. The van der Waals surface area contributed by atoms with Crippen molar-refractivity contribution in [2.45, 2.75) is 20.8 Å². The van der Waals surface area contributed by atoms with Gasteiger partial charge in [-0.2, -0.15) is 0 Å². The number of hydrogen-bond acceptors (Lipinski definition) is 3. The quantitative estimate of drug-likeness (QED) is 0.826. The average molecular weight is 314 g/mol. The van der Waals surface area contributed by atoms with Gasteiger partial charge in [-0.3, -0.25) is 0 Å². The van der Waals surface area contributed by atoms with Crippen molar-refractivity contribution in [3.8, 4) is 11.5 Å². The second kappa shape index (κ2) is 7.54. The molecule has 23 heavy (non-hydrogen) atoms. The Morgan fingerprint density at radius 2 is 1.83 bits per heavy atom. The smallest absolute Gasteiger partial charge is 0.321 e. The fraction of sp³-hybridized carbons (Fsp3) is 0.278. The molecule has 5 nitrogen and oxygen atoms in total. The molecule has 0 unspecified atom stereocenters. The molecule has 0 aliphatic carbocycles. The molecule has 0 atom stereocenters. The van der Waals surface area contributed by atoms with Gasteiger partial charge in [0, 0.05) is 0 Å². The summed E-state index contributed by atoms with van der Waals surface area (Å²) in [6, 6.07) is 11.0. The first kappa shape index (κ1) is 16.7. The number of carbonyl (C=O) groups excluding carboxylic acids is 1. The number of ether oxygens (including phenoxy) is 2. The number of nitrogens with one attached hydrogen (secondary N) is 2. The van der Waals surface area contributed by atoms with E-state index in [1.807, 2.05) is 57.2 Å². The summed E-state index contributed by atoms with van der Waals surface area (Å²) < 4.78 is 10.8. The van der Waals surface area contributed by atoms with Gasteiger partial charge in [0.2, 0.25) is 0 Å². The molecule has 2 aromatic rings. The lowest BCUT2D eigenvalue weighted by Gasteiger charge is -2.13. The number of aryl methyl sites for hydroxylation is 3. The van der Waals surface area contributed by atoms with Crippen LogP contribution in [-0.4, -0.2) is 19.9 Å². The van der Waals surface area contributed by atoms with Crippen molar-refractivity contribution >= 4 is 11.7 Å². The van der Waals surface area contributed by atoms with Crippen molar-refractivity contribution in [3.05, 3.63) is 53.1 Å². The number of benzene rings is 2. The monoisotopic (exact) mass is 314 g/mol. The van der Waals surface area contributed by atoms with Gasteiger partial charge >= 0.3 is 6.03 Å². The number of carbonyl (C=O) groups is 1. The summed E-state index contributed by atoms with van der Waals surface area (Å²) >= 11 is 0. The lowest BCUT2D eigenvalue weighted by Crippen LogP contribution is -2.32. The highest BCUT2D eigenvalue weighted by Gasteiger charge is 2.07. The molecular formula is C18H22N2O3. The highest BCUT2D eigenvalue weighted by Crippen LogP contribution is 2.25. The van der Waals surface area contributed by atoms with E-state index in [4.69, 9.17) is 9.47 Å². The summed E-state index contributed by atoms with van der Waals surface area (Å²) in [5, 5.41) is 5.41. The molecule has 0 heterocycles. The molecule has 0 bridgehead atoms. The van der Waals surface area contributed by atoms with Gasteiger partial charge in [0.15, 0.2) is 6.73 Å². The molecule has 0 saturated heterocycles. The summed E-state index contributed by atoms with van der Waals surface area (Å²) in [5.41, 5.74) is 4.01. The first-order valence-corrected chi connectivity index (χ1v) is 7.39. The normalized spacial score (nSPS) is 10.1. The molecule has 2 amide bonds. The highest BCUT2D eigenvalue weighted by molar-refractivity contribution is 5.90. The Balaban J connectivity index is 1.88. The van der Waals surface area contributed by atoms with Crippen LogP contribution in [0.1, 0.15) is 16.7 Å². The van der Waals surface area contributed by atoms with E-state index in [0.29, 0.717) is 11.4 Å². The predicted octanol–water partition coefficient (Wildman–Crippen LogP) is 3.78. The lowest BCUT2D eigenvalue weighted by atomic mass is 10.1. The van der Waals surface area contributed by atoms with E-state index in [-0.39, 0.29) is 12.8 Å². The standard InChI is InChI=1S/C18H22N2O3/c1-12-5-8-17(22-4)16(9-12)20-18(21)19-11-23-15-7-6-13(2)14(3)10-15/h5-10H,11H2,1-4H3,(H2,19,20,21). The van der Waals surface area contributed by atoms with E-state index in [9.17, 15) is 4.79 Å². The van der Waals surface area contributed by atoms with Crippen molar-refractivity contribution in [2.75, 3.05) is 19.2 Å². The predicted molar refractivity (Wildman–Crippen MR) is 91.3 cm³/mol. The van der Waals surface area contributed by atoms with E-state index in [1.165, 1.54) is 5.56 Å². The zero-order chi connectivity index (χ0) is 16.8. The van der Waals surface area contributed by atoms with Crippen LogP contribution in [0.2, 0.25) is 0 Å². The largest absolute Gasteiger partial charge is 0.495 e. The third-order valence-corrected chi connectivity index (χ3v) is 3.55. The molecule has 0 aromatic heterocycles. The fourth-order valence-electron chi connectivity index (χ4n) is 2.07. The van der Waals surface area contributed by atoms with Gasteiger partial charge < -0.3 is 20.1 Å². The number of rotatable bonds is 5. The Labute approximate surface area is 136 Å². The van der Waals surface area contributed by atoms with Crippen LogP contribution in [0, 0.1) is 20.8 Å². The second-order valence-corrected chi connectivity index (χ2v) is 5.37. The molecule has 0 spiro atoms. The summed E-state index contributed by atoms with van der Waals surface area (Å²) in [4.78, 5) is 11.9. The maximum atomic E-state index is 11.9. The minimum Gasteiger partial charge on any atom is -0.495 e. The molecular weight excluding hydrogens is 292 g/mol. The van der Waals surface area contributed by atoms with Gasteiger partial charge in [-0.25, -0.2) is 4.79 Å². The Hall–Kier alpha value is -2.69. The molecule has 0 radical (unpaired) electrons. The maximum absolute atomic E-state index is 11.9. The fourth-order valence-corrected chi connectivity index (χ4v) is 2.07. The Bertz CT molecular complexity index is 699. The van der Waals surface area contributed by atoms with Crippen LogP contribution in [0.3, 0.4) is 0 Å². The molecule has 0 fully saturated rings. The third kappa shape index (κ3) is 4.64. The number of amides is 2. The van der Waals surface area contributed by atoms with E-state index in [0.717, 1.165) is 16.9 Å². The van der Waals surface area contributed by atoms with Crippen LogP contribution in [0.25, 0.3) is 0 Å². The molecule has 2 rings (SSSR count). The maximum Gasteiger partial charge on any atom is 0.321 e. The molecule has 122 valence electrons. The first-order valence-electron chi connectivity index (χ1n) is 7.39. The molecule has 2 N–H and O–H groups in total. The Morgan fingerprint density at radius 3 is 2.52 bits per heavy atom. The van der Waals surface area contributed by atoms with Crippen molar-refractivity contribution in [2.24, 2.45) is 0 Å². The van der Waals surface area contributed by atoms with Gasteiger partial charge in [0.25, 0.3) is 0 Å². The van der Waals surface area contributed by atoms with Crippen LogP contribution >= 0.6 is 0 Å². The summed E-state index contributed by atoms with van der Waals surface area (Å²) in [7, 11) is 1.57. The third-order valence-electron chi connectivity index (χ3n) is 3.55. The van der Waals surface area contributed by atoms with Crippen LogP contribution in [-0.2, 0) is 0 Å². The van der Waals surface area contributed by atoms with Gasteiger partial charge in [0.05, 0.1) is 12.8 Å². The van der Waals surface area contributed by atoms with E-state index >= 15 is 0 Å². The number of anilines is 1. The SMILES string of the molecule is COc1ccc(C)cc1NC(=O)NCOc1ccc(C)c(C)c1. The second-order valence-electron chi connectivity index (χ2n) is 5.37. The molecule has 0 aliphatic heterocycles. The minimum atomic E-state index is -0.349. The highest BCUT2D eigenvalue weighted by atomic mass is 16.5. The zero-order valence-corrected chi connectivity index (χ0v) is 13.9. The van der Waals surface area contributed by atoms with Gasteiger partial charge in [-0.1, -0.05) is 12.1 Å². The lowest BCUT2D eigenvalue weighted by molar-refractivity contribution is 0.234. The number of methoxy groups -OCH3 is 1. The summed E-state index contributed by atoms with van der Waals surface area (Å²) in [5.74, 6) is 1.34. The van der Waals surface area contributed by atoms with Gasteiger partial charge in [-0.15, -0.1) is 0 Å². The molecule has 2 aromatic carbocycles. The average Bonchev–Trinajstić information content (AvgIpc) is 2.51. The number of urea groups is 1. The molecule has 0 saturated carbocycles. The Kier molecular flexibility index (Phi) is 5.46. The van der Waals surface area contributed by atoms with Gasteiger partial charge in [0.1, 0.15) is 11.5 Å². The van der Waals surface area contributed by atoms with Gasteiger partial charge in [-0.05, 0) is 61.7 Å².